The zero-order chi connectivity index (χ0) is 21.7. The average molecular weight is 454 g/mol. The van der Waals surface area contributed by atoms with E-state index in [0.717, 1.165) is 6.07 Å². The first-order chi connectivity index (χ1) is 14.3. The van der Waals surface area contributed by atoms with Gasteiger partial charge >= 0.3 is 0 Å². The Kier molecular flexibility index (Phi) is 7.06. The second kappa shape index (κ2) is 9.55. The Morgan fingerprint density at radius 3 is 2.27 bits per heavy atom. The molecule has 7 nitrogen and oxygen atoms in total. The van der Waals surface area contributed by atoms with Gasteiger partial charge in [0.25, 0.3) is 5.91 Å². The van der Waals surface area contributed by atoms with Gasteiger partial charge in [0.1, 0.15) is 10.7 Å². The highest BCUT2D eigenvalue weighted by Gasteiger charge is 2.31. The fourth-order valence-electron chi connectivity index (χ4n) is 3.12. The number of benzene rings is 2. The minimum atomic E-state index is -3.95. The number of sulfonamides is 1. The molecule has 1 N–H and O–H groups in total. The van der Waals surface area contributed by atoms with Gasteiger partial charge in [-0.2, -0.15) is 4.31 Å². The number of rotatable bonds is 6. The van der Waals surface area contributed by atoms with Crippen molar-refractivity contribution in [2.75, 3.05) is 32.7 Å². The van der Waals surface area contributed by atoms with Crippen molar-refractivity contribution in [3.05, 3.63) is 64.9 Å². The van der Waals surface area contributed by atoms with Crippen molar-refractivity contribution < 1.29 is 22.4 Å². The van der Waals surface area contributed by atoms with E-state index in [2.05, 4.69) is 5.32 Å². The lowest BCUT2D eigenvalue weighted by Crippen LogP contribution is -2.51. The minimum absolute atomic E-state index is 0.0829. The first kappa shape index (κ1) is 22.2. The van der Waals surface area contributed by atoms with E-state index in [-0.39, 0.29) is 55.9 Å². The molecule has 1 heterocycles. The largest absolute Gasteiger partial charge is 0.352 e. The lowest BCUT2D eigenvalue weighted by atomic mass is 10.2. The lowest BCUT2D eigenvalue weighted by Gasteiger charge is -2.34. The van der Waals surface area contributed by atoms with E-state index in [4.69, 9.17) is 11.6 Å². The summed E-state index contributed by atoms with van der Waals surface area (Å²) in [7, 11) is -3.95. The number of halogens is 2. The molecule has 1 fully saturated rings. The third kappa shape index (κ3) is 5.16. The van der Waals surface area contributed by atoms with Crippen LogP contribution in [-0.4, -0.2) is 62.2 Å². The molecule has 1 aliphatic heterocycles. The zero-order valence-corrected chi connectivity index (χ0v) is 17.6. The van der Waals surface area contributed by atoms with Crippen LogP contribution in [0.5, 0.6) is 0 Å². The molecule has 2 amide bonds. The van der Waals surface area contributed by atoms with Crippen molar-refractivity contribution in [3.63, 3.8) is 0 Å². The Balaban J connectivity index is 1.48. The number of amides is 2. The summed E-state index contributed by atoms with van der Waals surface area (Å²) >= 11 is 5.79. The van der Waals surface area contributed by atoms with Gasteiger partial charge in [0.05, 0.1) is 0 Å². The Morgan fingerprint density at radius 1 is 1.00 bits per heavy atom. The topological polar surface area (TPSA) is 86.8 Å². The van der Waals surface area contributed by atoms with Gasteiger partial charge in [-0.25, -0.2) is 12.8 Å². The molecule has 160 valence electrons. The van der Waals surface area contributed by atoms with Gasteiger partial charge in [-0.1, -0.05) is 23.7 Å². The average Bonchev–Trinajstić information content (AvgIpc) is 2.74. The number of nitrogens with one attached hydrogen (secondary N) is 1. The summed E-state index contributed by atoms with van der Waals surface area (Å²) in [6, 6.07) is 11.6. The van der Waals surface area contributed by atoms with E-state index in [1.807, 2.05) is 0 Å². The van der Waals surface area contributed by atoms with Crippen LogP contribution in [0.4, 0.5) is 4.39 Å². The van der Waals surface area contributed by atoms with Crippen LogP contribution >= 0.6 is 11.6 Å². The van der Waals surface area contributed by atoms with Gasteiger partial charge in [0, 0.05) is 49.7 Å². The molecule has 0 saturated carbocycles. The van der Waals surface area contributed by atoms with Crippen LogP contribution < -0.4 is 5.32 Å². The van der Waals surface area contributed by atoms with Crippen LogP contribution in [0.2, 0.25) is 5.02 Å². The summed E-state index contributed by atoms with van der Waals surface area (Å²) in [6.45, 7) is 0.739. The number of hydrogen-bond donors (Lipinski definition) is 1. The molecule has 10 heteroatoms. The predicted molar refractivity (Wildman–Crippen MR) is 110 cm³/mol. The highest BCUT2D eigenvalue weighted by atomic mass is 35.5. The van der Waals surface area contributed by atoms with Crippen molar-refractivity contribution >= 4 is 33.4 Å². The van der Waals surface area contributed by atoms with Crippen LogP contribution in [0.3, 0.4) is 0 Å². The molecule has 0 unspecified atom stereocenters. The highest BCUT2D eigenvalue weighted by molar-refractivity contribution is 7.89. The summed E-state index contributed by atoms with van der Waals surface area (Å²) < 4.78 is 40.3. The number of hydrogen-bond acceptors (Lipinski definition) is 4. The van der Waals surface area contributed by atoms with E-state index < -0.39 is 15.8 Å². The van der Waals surface area contributed by atoms with Crippen LogP contribution in [0.1, 0.15) is 16.8 Å². The van der Waals surface area contributed by atoms with Gasteiger partial charge in [-0.3, -0.25) is 9.59 Å². The zero-order valence-electron chi connectivity index (χ0n) is 16.1. The molecule has 2 aromatic carbocycles. The van der Waals surface area contributed by atoms with Crippen molar-refractivity contribution in [1.82, 2.24) is 14.5 Å². The van der Waals surface area contributed by atoms with Gasteiger partial charge in [0.15, 0.2) is 0 Å². The molecule has 0 atom stereocenters. The van der Waals surface area contributed by atoms with Crippen LogP contribution in [-0.2, 0) is 14.8 Å². The Bertz CT molecular complexity index is 1020. The van der Waals surface area contributed by atoms with E-state index in [0.29, 0.717) is 10.6 Å². The molecule has 0 bridgehead atoms. The lowest BCUT2D eigenvalue weighted by molar-refractivity contribution is -0.132. The first-order valence-corrected chi connectivity index (χ1v) is 11.2. The quantitative estimate of drug-likeness (QED) is 0.726. The molecular weight excluding hydrogens is 433 g/mol. The molecule has 1 saturated heterocycles. The molecule has 30 heavy (non-hydrogen) atoms. The smallest absolute Gasteiger partial charge is 0.251 e. The molecule has 0 spiro atoms. The van der Waals surface area contributed by atoms with Crippen LogP contribution in [0.15, 0.2) is 53.4 Å². The Morgan fingerprint density at radius 2 is 1.63 bits per heavy atom. The van der Waals surface area contributed by atoms with Gasteiger partial charge < -0.3 is 10.2 Å². The maximum atomic E-state index is 13.9. The third-order valence-electron chi connectivity index (χ3n) is 4.78. The second-order valence-corrected chi connectivity index (χ2v) is 9.07. The highest BCUT2D eigenvalue weighted by Crippen LogP contribution is 2.20. The van der Waals surface area contributed by atoms with Crippen molar-refractivity contribution in [2.45, 2.75) is 11.3 Å². The first-order valence-electron chi connectivity index (χ1n) is 9.35. The summed E-state index contributed by atoms with van der Waals surface area (Å²) in [4.78, 5) is 25.6. The van der Waals surface area contributed by atoms with Crippen molar-refractivity contribution in [1.29, 1.82) is 0 Å². The number of piperazine rings is 1. The maximum Gasteiger partial charge on any atom is 0.251 e. The molecule has 0 aliphatic carbocycles. The summed E-state index contributed by atoms with van der Waals surface area (Å²) in [5.74, 6) is -1.29. The Labute approximate surface area is 179 Å². The predicted octanol–water partition coefficient (Wildman–Crippen LogP) is 2.13. The summed E-state index contributed by atoms with van der Waals surface area (Å²) in [5.41, 5.74) is 0.443. The van der Waals surface area contributed by atoms with E-state index in [9.17, 15) is 22.4 Å². The van der Waals surface area contributed by atoms with E-state index in [1.54, 1.807) is 29.2 Å². The second-order valence-electron chi connectivity index (χ2n) is 6.73. The summed E-state index contributed by atoms with van der Waals surface area (Å²) in [5, 5.41) is 3.20. The molecule has 0 aromatic heterocycles. The Hall–Kier alpha value is -2.49. The third-order valence-corrected chi connectivity index (χ3v) is 6.96. The minimum Gasteiger partial charge on any atom is -0.352 e. The fourth-order valence-corrected chi connectivity index (χ4v) is 4.73. The summed E-state index contributed by atoms with van der Waals surface area (Å²) in [6.07, 6.45) is 0.0966. The maximum absolute atomic E-state index is 13.9. The van der Waals surface area contributed by atoms with E-state index in [1.165, 1.54) is 22.5 Å². The van der Waals surface area contributed by atoms with Gasteiger partial charge in [0.2, 0.25) is 15.9 Å². The van der Waals surface area contributed by atoms with Crippen LogP contribution in [0.25, 0.3) is 0 Å². The molecule has 0 radical (unpaired) electrons. The van der Waals surface area contributed by atoms with Crippen molar-refractivity contribution in [3.8, 4) is 0 Å². The number of carbonyl (C=O) groups excluding carboxylic acids is 2. The van der Waals surface area contributed by atoms with Crippen LogP contribution in [0, 0.1) is 5.82 Å². The number of nitrogens with zero attached hydrogens (tertiary/aromatic N) is 2. The molecule has 1 aliphatic rings. The SMILES string of the molecule is O=C(NCCC(=O)N1CCN(S(=O)(=O)c2ccccc2F)CC1)c1ccc(Cl)cc1. The van der Waals surface area contributed by atoms with Gasteiger partial charge in [-0.15, -0.1) is 0 Å². The number of carbonyl (C=O) groups is 2. The van der Waals surface area contributed by atoms with Gasteiger partial charge in [-0.05, 0) is 36.4 Å². The fraction of sp³-hybridized carbons (Fsp3) is 0.300. The monoisotopic (exact) mass is 453 g/mol. The normalized spacial score (nSPS) is 15.1. The molecule has 3 rings (SSSR count). The van der Waals surface area contributed by atoms with Crippen molar-refractivity contribution in [2.24, 2.45) is 0 Å². The standard InChI is InChI=1S/C20H21ClFN3O4S/c21-16-7-5-15(6-8-16)20(27)23-10-9-19(26)24-11-13-25(14-12-24)30(28,29)18-4-2-1-3-17(18)22/h1-8H,9-14H2,(H,23,27). The molecular formula is C20H21ClFN3O4S. The van der Waals surface area contributed by atoms with E-state index >= 15 is 0 Å². The molecule has 2 aromatic rings.